The number of likely N-dealkylation sites (N-methyl/N-ethyl adjacent to an activating group) is 1. The fourth-order valence-corrected chi connectivity index (χ4v) is 6.38. The lowest BCUT2D eigenvalue weighted by atomic mass is 10.2. The van der Waals surface area contributed by atoms with Crippen molar-refractivity contribution in [3.8, 4) is 0 Å². The van der Waals surface area contributed by atoms with Gasteiger partial charge in [0.25, 0.3) is 15.9 Å². The monoisotopic (exact) mass is 572 g/mol. The molecule has 10 heteroatoms. The topological polar surface area (TPSA) is 73.8 Å². The molecule has 0 saturated heterocycles. The van der Waals surface area contributed by atoms with Crippen LogP contribution in [0.5, 0.6) is 0 Å². The van der Waals surface area contributed by atoms with Crippen molar-refractivity contribution < 1.29 is 13.2 Å². The first kappa shape index (κ1) is 29.6. The number of amides is 1. The third-order valence-corrected chi connectivity index (χ3v) is 9.34. The van der Waals surface area contributed by atoms with Gasteiger partial charge >= 0.3 is 0 Å². The molecule has 1 aromatic heterocycles. The third-order valence-electron chi connectivity index (χ3n) is 6.50. The first-order valence-electron chi connectivity index (χ1n) is 12.3. The summed E-state index contributed by atoms with van der Waals surface area (Å²) in [7, 11) is -2.24. The van der Waals surface area contributed by atoms with Crippen molar-refractivity contribution in [3.05, 3.63) is 83.9 Å². The Kier molecular flexibility index (Phi) is 9.89. The Balaban J connectivity index is 0.00000400. The molecule has 0 aliphatic heterocycles. The van der Waals surface area contributed by atoms with Gasteiger partial charge in [0.05, 0.1) is 20.8 Å². The quantitative estimate of drug-likeness (QED) is 0.239. The average Bonchev–Trinajstić information content (AvgIpc) is 3.36. The number of sulfonamides is 1. The van der Waals surface area contributed by atoms with Crippen LogP contribution in [0.2, 0.25) is 0 Å². The highest BCUT2D eigenvalue weighted by molar-refractivity contribution is 7.92. The summed E-state index contributed by atoms with van der Waals surface area (Å²) in [6.45, 7) is 9.18. The van der Waals surface area contributed by atoms with Crippen molar-refractivity contribution in [2.75, 3.05) is 42.4 Å². The molecule has 0 fully saturated rings. The van der Waals surface area contributed by atoms with Crippen molar-refractivity contribution in [1.29, 1.82) is 0 Å². The van der Waals surface area contributed by atoms with Crippen LogP contribution in [-0.2, 0) is 10.0 Å². The van der Waals surface area contributed by atoms with E-state index in [2.05, 4.69) is 18.7 Å². The van der Waals surface area contributed by atoms with Crippen molar-refractivity contribution >= 4 is 60.7 Å². The standard InChI is InChI=1S/C28H32N4O3S2.ClH/c1-5-31(6-2)19-20-32(28-29-26-21(3)11-10-14-25(26)36-28)27(33)22-15-17-24(18-16-22)37(34,35)30(4)23-12-8-7-9-13-23;/h7-18H,5-6,19-20H2,1-4H3;1H. The zero-order valence-electron chi connectivity index (χ0n) is 22.0. The Morgan fingerprint density at radius 2 is 1.55 bits per heavy atom. The van der Waals surface area contributed by atoms with Crippen molar-refractivity contribution in [1.82, 2.24) is 9.88 Å². The van der Waals surface area contributed by atoms with Gasteiger partial charge in [0.2, 0.25) is 0 Å². The second-order valence-electron chi connectivity index (χ2n) is 8.73. The van der Waals surface area contributed by atoms with E-state index in [1.807, 2.05) is 31.2 Å². The van der Waals surface area contributed by atoms with E-state index < -0.39 is 10.0 Å². The fourth-order valence-electron chi connectivity index (χ4n) is 4.12. The van der Waals surface area contributed by atoms with E-state index in [1.54, 1.807) is 41.3 Å². The van der Waals surface area contributed by atoms with Crippen molar-refractivity contribution in [2.24, 2.45) is 0 Å². The molecule has 0 aliphatic carbocycles. The van der Waals surface area contributed by atoms with Crippen LogP contribution in [0.1, 0.15) is 29.8 Å². The summed E-state index contributed by atoms with van der Waals surface area (Å²) >= 11 is 1.49. The third kappa shape index (κ3) is 6.18. The Labute approximate surface area is 235 Å². The van der Waals surface area contributed by atoms with E-state index in [4.69, 9.17) is 4.98 Å². The van der Waals surface area contributed by atoms with Crippen LogP contribution in [0.3, 0.4) is 0 Å². The molecule has 0 spiro atoms. The maximum absolute atomic E-state index is 13.7. The fraction of sp³-hybridized carbons (Fsp3) is 0.286. The molecule has 1 amide bonds. The molecule has 0 atom stereocenters. The van der Waals surface area contributed by atoms with Crippen LogP contribution < -0.4 is 9.21 Å². The van der Waals surface area contributed by atoms with Crippen LogP contribution in [0.15, 0.2) is 77.7 Å². The Hall–Kier alpha value is -2.98. The molecule has 0 unspecified atom stereocenters. The smallest absolute Gasteiger partial charge is 0.264 e. The van der Waals surface area contributed by atoms with Gasteiger partial charge in [-0.3, -0.25) is 14.0 Å². The van der Waals surface area contributed by atoms with Crippen molar-refractivity contribution in [3.63, 3.8) is 0 Å². The normalized spacial score (nSPS) is 11.4. The maximum Gasteiger partial charge on any atom is 0.264 e. The number of halogens is 1. The SMILES string of the molecule is CCN(CC)CCN(C(=O)c1ccc(S(=O)(=O)N(C)c2ccccc2)cc1)c1nc2c(C)cccc2s1.Cl. The molecule has 0 saturated carbocycles. The molecule has 0 radical (unpaired) electrons. The molecule has 7 nitrogen and oxygen atoms in total. The molecule has 0 bridgehead atoms. The Morgan fingerprint density at radius 1 is 0.895 bits per heavy atom. The summed E-state index contributed by atoms with van der Waals surface area (Å²) in [6.07, 6.45) is 0. The van der Waals surface area contributed by atoms with E-state index >= 15 is 0 Å². The highest BCUT2D eigenvalue weighted by Crippen LogP contribution is 2.31. The minimum Gasteiger partial charge on any atom is -0.302 e. The van der Waals surface area contributed by atoms with Gasteiger partial charge < -0.3 is 4.90 Å². The molecule has 4 rings (SSSR count). The van der Waals surface area contributed by atoms with Gasteiger partial charge in [0.1, 0.15) is 0 Å². The van der Waals surface area contributed by atoms with Gasteiger partial charge in [-0.05, 0) is 68.0 Å². The number of thiazole rings is 1. The van der Waals surface area contributed by atoms with Crippen LogP contribution >= 0.6 is 23.7 Å². The Bertz CT molecular complexity index is 1470. The number of aryl methyl sites for hydroxylation is 1. The van der Waals surface area contributed by atoms with Crippen LogP contribution in [0.4, 0.5) is 10.8 Å². The highest BCUT2D eigenvalue weighted by Gasteiger charge is 2.25. The molecule has 0 aliphatic rings. The largest absolute Gasteiger partial charge is 0.302 e. The van der Waals surface area contributed by atoms with Crippen LogP contribution in [0, 0.1) is 6.92 Å². The number of nitrogens with zero attached hydrogens (tertiary/aromatic N) is 4. The van der Waals surface area contributed by atoms with E-state index in [9.17, 15) is 13.2 Å². The molecule has 38 heavy (non-hydrogen) atoms. The first-order chi connectivity index (χ1) is 17.8. The van der Waals surface area contributed by atoms with E-state index in [-0.39, 0.29) is 23.2 Å². The lowest BCUT2D eigenvalue weighted by Crippen LogP contribution is -2.38. The highest BCUT2D eigenvalue weighted by atomic mass is 35.5. The number of rotatable bonds is 10. The predicted octanol–water partition coefficient (Wildman–Crippen LogP) is 5.84. The number of benzene rings is 3. The molecule has 3 aromatic carbocycles. The second-order valence-corrected chi connectivity index (χ2v) is 11.7. The first-order valence-corrected chi connectivity index (χ1v) is 14.6. The van der Waals surface area contributed by atoms with Gasteiger partial charge in [-0.2, -0.15) is 0 Å². The van der Waals surface area contributed by atoms with Gasteiger partial charge in [0.15, 0.2) is 5.13 Å². The summed E-state index contributed by atoms with van der Waals surface area (Å²) in [5.41, 5.74) is 2.94. The minimum absolute atomic E-state index is 0. The number of hydrogen-bond donors (Lipinski definition) is 0. The zero-order valence-corrected chi connectivity index (χ0v) is 24.4. The molecule has 4 aromatic rings. The molecular formula is C28H33ClN4O3S2. The number of aromatic nitrogens is 1. The van der Waals surface area contributed by atoms with Gasteiger partial charge in [-0.15, -0.1) is 12.4 Å². The predicted molar refractivity (Wildman–Crippen MR) is 160 cm³/mol. The van der Waals surface area contributed by atoms with Crippen molar-refractivity contribution in [2.45, 2.75) is 25.7 Å². The number of carbonyl (C=O) groups excluding carboxylic acids is 1. The summed E-state index contributed by atoms with van der Waals surface area (Å²) in [5, 5.41) is 0.641. The molecule has 1 heterocycles. The van der Waals surface area contributed by atoms with E-state index in [0.717, 1.165) is 28.9 Å². The maximum atomic E-state index is 13.7. The van der Waals surface area contributed by atoms with E-state index in [1.165, 1.54) is 34.8 Å². The molecular weight excluding hydrogens is 540 g/mol. The summed E-state index contributed by atoms with van der Waals surface area (Å²) in [6, 6.07) is 21.1. The Morgan fingerprint density at radius 3 is 2.16 bits per heavy atom. The summed E-state index contributed by atoms with van der Waals surface area (Å²) < 4.78 is 28.6. The lowest BCUT2D eigenvalue weighted by Gasteiger charge is -2.25. The van der Waals surface area contributed by atoms with Crippen LogP contribution in [-0.4, -0.2) is 57.4 Å². The zero-order chi connectivity index (χ0) is 26.6. The van der Waals surface area contributed by atoms with Crippen LogP contribution in [0.25, 0.3) is 10.2 Å². The van der Waals surface area contributed by atoms with Gasteiger partial charge in [-0.1, -0.05) is 55.5 Å². The number of anilines is 2. The van der Waals surface area contributed by atoms with E-state index in [0.29, 0.717) is 29.5 Å². The van der Waals surface area contributed by atoms with Gasteiger partial charge in [-0.25, -0.2) is 13.4 Å². The second kappa shape index (κ2) is 12.7. The lowest BCUT2D eigenvalue weighted by molar-refractivity contribution is 0.0983. The summed E-state index contributed by atoms with van der Waals surface area (Å²) in [5.74, 6) is -0.204. The minimum atomic E-state index is -3.77. The number of carbonyl (C=O) groups is 1. The molecule has 202 valence electrons. The molecule has 0 N–H and O–H groups in total. The number of fused-ring (bicyclic) bond motifs is 1. The number of hydrogen-bond acceptors (Lipinski definition) is 6. The summed E-state index contributed by atoms with van der Waals surface area (Å²) in [4.78, 5) is 22.6. The average molecular weight is 573 g/mol. The van der Waals surface area contributed by atoms with Gasteiger partial charge in [0, 0.05) is 25.7 Å². The number of para-hydroxylation sites is 2.